The van der Waals surface area contributed by atoms with Gasteiger partial charge in [0.2, 0.25) is 0 Å². The molecule has 0 spiro atoms. The molecule has 1 aliphatic heterocycles. The topological polar surface area (TPSA) is 32.8 Å². The lowest BCUT2D eigenvalue weighted by Crippen LogP contribution is -2.63. The summed E-state index contributed by atoms with van der Waals surface area (Å²) >= 11 is 0. The standard InChI is InChI=1S/C19H27F3N2O2/c1-12(2)15-6-8-16(9-7-15)26-14(4)18(25)24-10-13(3)23(5)17(11-24)19(20,21)22/h6-9,12-14,17H,10-11H2,1-5H3. The number of piperazine rings is 1. The Hall–Kier alpha value is -1.76. The van der Waals surface area contributed by atoms with Gasteiger partial charge in [0.25, 0.3) is 5.91 Å². The minimum Gasteiger partial charge on any atom is -0.481 e. The third-order valence-electron chi connectivity index (χ3n) is 4.96. The molecule has 0 saturated carbocycles. The van der Waals surface area contributed by atoms with Crippen molar-refractivity contribution in [3.63, 3.8) is 0 Å². The predicted molar refractivity (Wildman–Crippen MR) is 94.3 cm³/mol. The van der Waals surface area contributed by atoms with Crippen LogP contribution < -0.4 is 4.74 Å². The molecule has 0 bridgehead atoms. The van der Waals surface area contributed by atoms with E-state index in [-0.39, 0.29) is 19.1 Å². The summed E-state index contributed by atoms with van der Waals surface area (Å²) < 4.78 is 45.4. The van der Waals surface area contributed by atoms with Crippen molar-refractivity contribution in [2.24, 2.45) is 0 Å². The van der Waals surface area contributed by atoms with Crippen molar-refractivity contribution in [1.82, 2.24) is 9.80 Å². The van der Waals surface area contributed by atoms with E-state index in [1.165, 1.54) is 16.8 Å². The van der Waals surface area contributed by atoms with Crippen molar-refractivity contribution < 1.29 is 22.7 Å². The molecule has 0 aliphatic carbocycles. The second-order valence-corrected chi connectivity index (χ2v) is 7.30. The van der Waals surface area contributed by atoms with Crippen molar-refractivity contribution in [3.05, 3.63) is 29.8 Å². The maximum absolute atomic E-state index is 13.2. The van der Waals surface area contributed by atoms with E-state index in [0.29, 0.717) is 11.7 Å². The predicted octanol–water partition coefficient (Wildman–Crippen LogP) is 3.67. The van der Waals surface area contributed by atoms with Crippen LogP contribution >= 0.6 is 0 Å². The third-order valence-corrected chi connectivity index (χ3v) is 4.96. The smallest absolute Gasteiger partial charge is 0.405 e. The van der Waals surface area contributed by atoms with E-state index >= 15 is 0 Å². The minimum absolute atomic E-state index is 0.252. The monoisotopic (exact) mass is 372 g/mol. The van der Waals surface area contributed by atoms with Crippen LogP contribution in [0.25, 0.3) is 0 Å². The van der Waals surface area contributed by atoms with Crippen LogP contribution in [0.2, 0.25) is 0 Å². The fourth-order valence-electron chi connectivity index (χ4n) is 3.12. The Morgan fingerprint density at radius 3 is 2.23 bits per heavy atom. The normalized spacial score (nSPS) is 23.2. The van der Waals surface area contributed by atoms with Gasteiger partial charge in [-0.3, -0.25) is 9.69 Å². The van der Waals surface area contributed by atoms with Crippen LogP contribution in [0.15, 0.2) is 24.3 Å². The zero-order valence-corrected chi connectivity index (χ0v) is 15.9. The summed E-state index contributed by atoms with van der Waals surface area (Å²) in [6.07, 6.45) is -5.22. The molecule has 1 aromatic carbocycles. The number of hydrogen-bond acceptors (Lipinski definition) is 3. The van der Waals surface area contributed by atoms with Gasteiger partial charge in [-0.2, -0.15) is 13.2 Å². The van der Waals surface area contributed by atoms with Crippen LogP contribution in [0.5, 0.6) is 5.75 Å². The quantitative estimate of drug-likeness (QED) is 0.809. The highest BCUT2D eigenvalue weighted by Gasteiger charge is 2.48. The number of benzene rings is 1. The molecule has 0 radical (unpaired) electrons. The van der Waals surface area contributed by atoms with Gasteiger partial charge in [0.05, 0.1) is 0 Å². The Morgan fingerprint density at radius 1 is 1.15 bits per heavy atom. The number of nitrogens with zero attached hydrogens (tertiary/aromatic N) is 2. The lowest BCUT2D eigenvalue weighted by Gasteiger charge is -2.44. The van der Waals surface area contributed by atoms with Crippen molar-refractivity contribution in [3.8, 4) is 5.75 Å². The number of amides is 1. The molecule has 2 rings (SSSR count). The molecule has 7 heteroatoms. The molecule has 1 saturated heterocycles. The van der Waals surface area contributed by atoms with Crippen LogP contribution in [0.4, 0.5) is 13.2 Å². The largest absolute Gasteiger partial charge is 0.481 e. The summed E-state index contributed by atoms with van der Waals surface area (Å²) in [7, 11) is 1.45. The van der Waals surface area contributed by atoms with E-state index in [4.69, 9.17) is 4.74 Å². The molecular weight excluding hydrogens is 345 g/mol. The van der Waals surface area contributed by atoms with E-state index < -0.39 is 24.2 Å². The highest BCUT2D eigenvalue weighted by Crippen LogP contribution is 2.29. The Bertz CT molecular complexity index is 616. The van der Waals surface area contributed by atoms with Crippen LogP contribution in [-0.2, 0) is 4.79 Å². The lowest BCUT2D eigenvalue weighted by molar-refractivity contribution is -0.202. The van der Waals surface area contributed by atoms with E-state index in [9.17, 15) is 18.0 Å². The number of alkyl halides is 3. The fraction of sp³-hybridized carbons (Fsp3) is 0.632. The maximum Gasteiger partial charge on any atom is 0.405 e. The van der Waals surface area contributed by atoms with Crippen LogP contribution in [-0.4, -0.2) is 60.2 Å². The van der Waals surface area contributed by atoms with Crippen LogP contribution in [0.1, 0.15) is 39.2 Å². The van der Waals surface area contributed by atoms with Gasteiger partial charge in [-0.05, 0) is 44.5 Å². The zero-order valence-electron chi connectivity index (χ0n) is 15.9. The van der Waals surface area contributed by atoms with Gasteiger partial charge in [0, 0.05) is 19.1 Å². The SMILES string of the molecule is CC(Oc1ccc(C(C)C)cc1)C(=O)N1CC(C)N(C)C(C(F)(F)F)C1. The number of rotatable bonds is 4. The molecule has 146 valence electrons. The van der Waals surface area contributed by atoms with E-state index in [1.807, 2.05) is 12.1 Å². The fourth-order valence-corrected chi connectivity index (χ4v) is 3.12. The first-order valence-electron chi connectivity index (χ1n) is 8.84. The molecule has 1 fully saturated rings. The highest BCUT2D eigenvalue weighted by atomic mass is 19.4. The molecule has 1 heterocycles. The van der Waals surface area contributed by atoms with E-state index in [1.54, 1.807) is 26.0 Å². The molecule has 1 aromatic rings. The second-order valence-electron chi connectivity index (χ2n) is 7.30. The van der Waals surface area contributed by atoms with Gasteiger partial charge >= 0.3 is 6.18 Å². The maximum atomic E-state index is 13.2. The van der Waals surface area contributed by atoms with Crippen molar-refractivity contribution in [2.75, 3.05) is 20.1 Å². The van der Waals surface area contributed by atoms with E-state index in [0.717, 1.165) is 5.56 Å². The summed E-state index contributed by atoms with van der Waals surface area (Å²) in [4.78, 5) is 15.2. The minimum atomic E-state index is -4.38. The van der Waals surface area contributed by atoms with Crippen LogP contribution in [0, 0.1) is 0 Å². The first-order valence-corrected chi connectivity index (χ1v) is 8.84. The van der Waals surface area contributed by atoms with E-state index in [2.05, 4.69) is 13.8 Å². The Morgan fingerprint density at radius 2 is 1.73 bits per heavy atom. The van der Waals surface area contributed by atoms with Gasteiger partial charge in [-0.15, -0.1) is 0 Å². The molecule has 4 nitrogen and oxygen atoms in total. The number of hydrogen-bond donors (Lipinski definition) is 0. The Kier molecular flexibility index (Phi) is 6.21. The Balaban J connectivity index is 2.05. The van der Waals surface area contributed by atoms with Crippen molar-refractivity contribution >= 4 is 5.91 Å². The summed E-state index contributed by atoms with van der Waals surface area (Å²) in [5.41, 5.74) is 1.15. The summed E-state index contributed by atoms with van der Waals surface area (Å²) in [5.74, 6) is 0.492. The molecule has 0 aromatic heterocycles. The summed E-state index contributed by atoms with van der Waals surface area (Å²) in [6, 6.07) is 5.38. The first kappa shape index (κ1) is 20.6. The van der Waals surface area contributed by atoms with Gasteiger partial charge < -0.3 is 9.64 Å². The molecule has 3 atom stereocenters. The highest BCUT2D eigenvalue weighted by molar-refractivity contribution is 5.81. The number of ether oxygens (including phenoxy) is 1. The average molecular weight is 372 g/mol. The second kappa shape index (κ2) is 7.86. The number of carbonyl (C=O) groups excluding carboxylic acids is 1. The number of carbonyl (C=O) groups is 1. The van der Waals surface area contributed by atoms with Gasteiger partial charge in [-0.1, -0.05) is 26.0 Å². The van der Waals surface area contributed by atoms with Crippen molar-refractivity contribution in [1.29, 1.82) is 0 Å². The number of likely N-dealkylation sites (N-methyl/N-ethyl adjacent to an activating group) is 1. The van der Waals surface area contributed by atoms with Gasteiger partial charge in [0.15, 0.2) is 6.10 Å². The molecule has 0 N–H and O–H groups in total. The molecular formula is C19H27F3N2O2. The Labute approximate surface area is 152 Å². The zero-order chi connectivity index (χ0) is 19.6. The number of halogens is 3. The molecule has 3 unspecified atom stereocenters. The van der Waals surface area contributed by atoms with Gasteiger partial charge in [-0.25, -0.2) is 0 Å². The van der Waals surface area contributed by atoms with Crippen molar-refractivity contribution in [2.45, 2.75) is 58.0 Å². The average Bonchev–Trinajstić information content (AvgIpc) is 2.55. The molecule has 1 aliphatic rings. The third kappa shape index (κ3) is 4.69. The summed E-state index contributed by atoms with van der Waals surface area (Å²) in [6.45, 7) is 7.30. The molecule has 26 heavy (non-hydrogen) atoms. The first-order chi connectivity index (χ1) is 12.0. The molecule has 1 amide bonds. The lowest BCUT2D eigenvalue weighted by atomic mass is 10.0. The van der Waals surface area contributed by atoms with Crippen LogP contribution in [0.3, 0.4) is 0 Å². The van der Waals surface area contributed by atoms with Gasteiger partial charge in [0.1, 0.15) is 11.8 Å². The summed E-state index contributed by atoms with van der Waals surface area (Å²) in [5, 5.41) is 0.